The average molecular weight is 302 g/mol. The predicted molar refractivity (Wildman–Crippen MR) is 85.0 cm³/mol. The van der Waals surface area contributed by atoms with Gasteiger partial charge >= 0.3 is 0 Å². The minimum Gasteiger partial charge on any atom is -0.493 e. The van der Waals surface area contributed by atoms with E-state index >= 15 is 0 Å². The van der Waals surface area contributed by atoms with Crippen molar-refractivity contribution in [2.45, 2.75) is 33.6 Å². The molecular weight excluding hydrogens is 280 g/mol. The van der Waals surface area contributed by atoms with Crippen LogP contribution >= 0.6 is 0 Å². The van der Waals surface area contributed by atoms with E-state index in [-0.39, 0.29) is 5.91 Å². The number of methoxy groups -OCH3 is 2. The predicted octanol–water partition coefficient (Wildman–Crippen LogP) is 3.16. The normalized spacial score (nSPS) is 10.6. The molecule has 0 radical (unpaired) electrons. The fourth-order valence-corrected chi connectivity index (χ4v) is 2.58. The van der Waals surface area contributed by atoms with E-state index < -0.39 is 0 Å². The van der Waals surface area contributed by atoms with E-state index in [0.717, 1.165) is 29.8 Å². The third-order valence-corrected chi connectivity index (χ3v) is 3.76. The van der Waals surface area contributed by atoms with Crippen molar-refractivity contribution in [3.8, 4) is 11.5 Å². The Kier molecular flexibility index (Phi) is 4.85. The maximum absolute atomic E-state index is 12.7. The molecule has 0 saturated heterocycles. The second-order valence-corrected chi connectivity index (χ2v) is 5.19. The molecule has 2 aromatic rings. The molecule has 0 amide bonds. The minimum absolute atomic E-state index is 0.163. The van der Waals surface area contributed by atoms with Gasteiger partial charge in [-0.05, 0) is 44.0 Å². The summed E-state index contributed by atoms with van der Waals surface area (Å²) in [6.07, 6.45) is 1.95. The summed E-state index contributed by atoms with van der Waals surface area (Å²) in [4.78, 5) is 12.7. The Morgan fingerprint density at radius 2 is 1.86 bits per heavy atom. The second kappa shape index (κ2) is 6.64. The quantitative estimate of drug-likeness (QED) is 0.851. The van der Waals surface area contributed by atoms with E-state index in [9.17, 15) is 4.79 Å². The number of nitrogens with zero attached hydrogens (tertiary/aromatic N) is 2. The summed E-state index contributed by atoms with van der Waals surface area (Å²) in [5, 5.41) is 4.40. The number of hydrogen-bond donors (Lipinski definition) is 0. The van der Waals surface area contributed by atoms with Gasteiger partial charge in [-0.15, -0.1) is 0 Å². The van der Waals surface area contributed by atoms with Crippen LogP contribution in [0.1, 0.15) is 40.7 Å². The molecule has 0 aliphatic heterocycles. The maximum Gasteiger partial charge on any atom is 0.278 e. The Morgan fingerprint density at radius 1 is 1.18 bits per heavy atom. The number of carbonyl (C=O) groups excluding carboxylic acids is 1. The van der Waals surface area contributed by atoms with E-state index in [1.54, 1.807) is 32.4 Å². The highest BCUT2D eigenvalue weighted by atomic mass is 16.5. The molecule has 0 aliphatic rings. The van der Waals surface area contributed by atoms with E-state index in [1.807, 2.05) is 13.8 Å². The van der Waals surface area contributed by atoms with Crippen molar-refractivity contribution in [3.05, 3.63) is 40.7 Å². The second-order valence-electron chi connectivity index (χ2n) is 5.19. The number of aromatic nitrogens is 2. The van der Waals surface area contributed by atoms with Crippen LogP contribution in [0.5, 0.6) is 11.5 Å². The number of aryl methyl sites for hydroxylation is 1. The van der Waals surface area contributed by atoms with E-state index in [2.05, 4.69) is 12.0 Å². The van der Waals surface area contributed by atoms with Crippen LogP contribution in [0.25, 0.3) is 0 Å². The first-order chi connectivity index (χ1) is 10.5. The Hall–Kier alpha value is -2.30. The molecule has 0 aliphatic carbocycles. The van der Waals surface area contributed by atoms with Crippen molar-refractivity contribution in [2.75, 3.05) is 14.2 Å². The molecule has 1 aromatic heterocycles. The van der Waals surface area contributed by atoms with Crippen LogP contribution < -0.4 is 9.47 Å². The van der Waals surface area contributed by atoms with Gasteiger partial charge in [0, 0.05) is 11.3 Å². The molecular formula is C17H22N2O3. The van der Waals surface area contributed by atoms with Gasteiger partial charge in [-0.3, -0.25) is 4.79 Å². The van der Waals surface area contributed by atoms with Gasteiger partial charge in [-0.2, -0.15) is 5.10 Å². The maximum atomic E-state index is 12.7. The summed E-state index contributed by atoms with van der Waals surface area (Å²) in [5.74, 6) is 0.964. The fourth-order valence-electron chi connectivity index (χ4n) is 2.58. The molecule has 0 unspecified atom stereocenters. The highest BCUT2D eigenvalue weighted by molar-refractivity contribution is 5.96. The summed E-state index contributed by atoms with van der Waals surface area (Å²) in [7, 11) is 3.12. The van der Waals surface area contributed by atoms with Crippen LogP contribution in [0, 0.1) is 13.8 Å². The minimum atomic E-state index is -0.163. The summed E-state index contributed by atoms with van der Waals surface area (Å²) < 4.78 is 11.9. The summed E-state index contributed by atoms with van der Waals surface area (Å²) >= 11 is 0. The molecule has 0 N–H and O–H groups in total. The monoisotopic (exact) mass is 302 g/mol. The Labute approximate surface area is 130 Å². The molecule has 1 aromatic carbocycles. The number of benzene rings is 1. The van der Waals surface area contributed by atoms with Crippen molar-refractivity contribution in [1.29, 1.82) is 0 Å². The molecule has 118 valence electrons. The number of carbonyl (C=O) groups is 1. The number of hydrogen-bond acceptors (Lipinski definition) is 4. The van der Waals surface area contributed by atoms with Gasteiger partial charge in [0.2, 0.25) is 0 Å². The van der Waals surface area contributed by atoms with Gasteiger partial charge in [0.05, 0.1) is 19.9 Å². The molecule has 0 atom stereocenters. The Bertz CT molecular complexity index is 689. The summed E-state index contributed by atoms with van der Waals surface area (Å²) in [6, 6.07) is 5.13. The standard InChI is InChI=1S/C17H22N2O3/c1-6-7-14-11(2)18-19(12(14)3)17(20)13-8-9-15(21-4)16(10-13)22-5/h8-10H,6-7H2,1-5H3. The Balaban J connectivity index is 2.42. The lowest BCUT2D eigenvalue weighted by Crippen LogP contribution is -2.15. The van der Waals surface area contributed by atoms with Crippen LogP contribution in [0.4, 0.5) is 0 Å². The lowest BCUT2D eigenvalue weighted by Gasteiger charge is -2.09. The molecule has 5 nitrogen and oxygen atoms in total. The van der Waals surface area contributed by atoms with Crippen molar-refractivity contribution in [1.82, 2.24) is 9.78 Å². The lowest BCUT2D eigenvalue weighted by atomic mass is 10.1. The molecule has 0 spiro atoms. The highest BCUT2D eigenvalue weighted by Crippen LogP contribution is 2.28. The van der Waals surface area contributed by atoms with Crippen molar-refractivity contribution in [3.63, 3.8) is 0 Å². The SMILES string of the molecule is CCCc1c(C)nn(C(=O)c2ccc(OC)c(OC)c2)c1C. The van der Waals surface area contributed by atoms with Crippen LogP contribution in [-0.4, -0.2) is 29.9 Å². The molecule has 0 fully saturated rings. The zero-order valence-electron chi connectivity index (χ0n) is 13.8. The van der Waals surface area contributed by atoms with Gasteiger partial charge in [-0.25, -0.2) is 4.68 Å². The highest BCUT2D eigenvalue weighted by Gasteiger charge is 2.18. The topological polar surface area (TPSA) is 53.4 Å². The molecule has 2 rings (SSSR count). The third kappa shape index (κ3) is 2.84. The van der Waals surface area contributed by atoms with E-state index in [1.165, 1.54) is 4.68 Å². The Morgan fingerprint density at radius 3 is 2.45 bits per heavy atom. The van der Waals surface area contributed by atoms with E-state index in [4.69, 9.17) is 9.47 Å². The molecule has 0 saturated carbocycles. The van der Waals surface area contributed by atoms with Gasteiger partial charge in [-0.1, -0.05) is 13.3 Å². The van der Waals surface area contributed by atoms with Crippen molar-refractivity contribution >= 4 is 5.91 Å². The van der Waals surface area contributed by atoms with Crippen LogP contribution in [-0.2, 0) is 6.42 Å². The fraction of sp³-hybridized carbons (Fsp3) is 0.412. The number of rotatable bonds is 5. The molecule has 0 bridgehead atoms. The van der Waals surface area contributed by atoms with Crippen LogP contribution in [0.15, 0.2) is 18.2 Å². The van der Waals surface area contributed by atoms with Crippen molar-refractivity contribution < 1.29 is 14.3 Å². The third-order valence-electron chi connectivity index (χ3n) is 3.76. The average Bonchev–Trinajstić information content (AvgIpc) is 2.82. The zero-order chi connectivity index (χ0) is 16.3. The van der Waals surface area contributed by atoms with Gasteiger partial charge in [0.1, 0.15) is 0 Å². The summed E-state index contributed by atoms with van der Waals surface area (Å²) in [6.45, 7) is 5.99. The number of ether oxygens (including phenoxy) is 2. The van der Waals surface area contributed by atoms with E-state index in [0.29, 0.717) is 17.1 Å². The van der Waals surface area contributed by atoms with Crippen LogP contribution in [0.2, 0.25) is 0 Å². The summed E-state index contributed by atoms with van der Waals surface area (Å²) in [5.41, 5.74) is 3.48. The molecule has 22 heavy (non-hydrogen) atoms. The lowest BCUT2D eigenvalue weighted by molar-refractivity contribution is 0.0942. The first-order valence-corrected chi connectivity index (χ1v) is 7.35. The molecule has 1 heterocycles. The van der Waals surface area contributed by atoms with Crippen molar-refractivity contribution in [2.24, 2.45) is 0 Å². The first-order valence-electron chi connectivity index (χ1n) is 7.35. The van der Waals surface area contributed by atoms with Gasteiger partial charge < -0.3 is 9.47 Å². The first kappa shape index (κ1) is 16.1. The van der Waals surface area contributed by atoms with Gasteiger partial charge in [0.15, 0.2) is 11.5 Å². The zero-order valence-corrected chi connectivity index (χ0v) is 13.8. The van der Waals surface area contributed by atoms with Crippen LogP contribution in [0.3, 0.4) is 0 Å². The van der Waals surface area contributed by atoms with Gasteiger partial charge in [0.25, 0.3) is 5.91 Å². The molecule has 5 heteroatoms. The largest absolute Gasteiger partial charge is 0.493 e. The smallest absolute Gasteiger partial charge is 0.278 e.